The molecule has 13 heavy (non-hydrogen) atoms. The highest BCUT2D eigenvalue weighted by atomic mass is 35.5. The van der Waals surface area contributed by atoms with Crippen molar-refractivity contribution in [1.29, 1.82) is 0 Å². The summed E-state index contributed by atoms with van der Waals surface area (Å²) in [6.45, 7) is 5.06. The third-order valence-corrected chi connectivity index (χ3v) is 2.20. The van der Waals surface area contributed by atoms with E-state index in [1.807, 2.05) is 12.1 Å². The van der Waals surface area contributed by atoms with Crippen molar-refractivity contribution in [2.45, 2.75) is 20.3 Å². The van der Waals surface area contributed by atoms with Crippen molar-refractivity contribution in [2.75, 3.05) is 6.61 Å². The highest BCUT2D eigenvalue weighted by Crippen LogP contribution is 2.15. The van der Waals surface area contributed by atoms with Crippen LogP contribution in [0.3, 0.4) is 0 Å². The van der Waals surface area contributed by atoms with E-state index in [1.54, 1.807) is 6.07 Å². The van der Waals surface area contributed by atoms with E-state index >= 15 is 0 Å². The normalized spacial score (nSPS) is 12.5. The maximum Gasteiger partial charge on any atom is 0.127 e. The topological polar surface area (TPSA) is 9.23 Å². The largest absolute Gasteiger partial charge is 0.493 e. The minimum absolute atomic E-state index is 0.587. The van der Waals surface area contributed by atoms with Crippen molar-refractivity contribution in [2.24, 2.45) is 5.92 Å². The molecule has 0 aliphatic rings. The monoisotopic (exact) mass is 197 g/mol. The third-order valence-electron chi connectivity index (χ3n) is 1.97. The van der Waals surface area contributed by atoms with Crippen LogP contribution < -0.4 is 4.74 Å². The van der Waals surface area contributed by atoms with Crippen LogP contribution in [-0.4, -0.2) is 6.61 Å². The molecule has 0 unspecified atom stereocenters. The van der Waals surface area contributed by atoms with Gasteiger partial charge in [0.15, 0.2) is 0 Å². The van der Waals surface area contributed by atoms with Crippen molar-refractivity contribution in [3.8, 4) is 5.75 Å². The van der Waals surface area contributed by atoms with Gasteiger partial charge < -0.3 is 4.74 Å². The molecular formula is C11H14ClO. The molecule has 1 aromatic carbocycles. The van der Waals surface area contributed by atoms with E-state index < -0.39 is 0 Å². The fourth-order valence-electron chi connectivity index (χ4n) is 0.831. The minimum Gasteiger partial charge on any atom is -0.493 e. The SMILES string of the molecule is CC[C@H](C)COc1[c]cc(Cl)cc1. The van der Waals surface area contributed by atoms with E-state index in [9.17, 15) is 0 Å². The van der Waals surface area contributed by atoms with Crippen molar-refractivity contribution < 1.29 is 4.74 Å². The molecule has 0 bridgehead atoms. The number of hydrogen-bond donors (Lipinski definition) is 0. The number of benzene rings is 1. The predicted molar refractivity (Wildman–Crippen MR) is 55.2 cm³/mol. The summed E-state index contributed by atoms with van der Waals surface area (Å²) in [4.78, 5) is 0. The van der Waals surface area contributed by atoms with Gasteiger partial charge in [-0.05, 0) is 24.1 Å². The molecule has 1 radical (unpaired) electrons. The third kappa shape index (κ3) is 3.69. The molecule has 0 saturated heterocycles. The van der Waals surface area contributed by atoms with E-state index in [0.29, 0.717) is 10.9 Å². The van der Waals surface area contributed by atoms with E-state index in [2.05, 4.69) is 19.9 Å². The lowest BCUT2D eigenvalue weighted by atomic mass is 10.1. The molecule has 0 aliphatic heterocycles. The van der Waals surface area contributed by atoms with Gasteiger partial charge in [-0.15, -0.1) is 0 Å². The Morgan fingerprint density at radius 3 is 2.85 bits per heavy atom. The fraction of sp³-hybridized carbons (Fsp3) is 0.455. The summed E-state index contributed by atoms with van der Waals surface area (Å²) in [6, 6.07) is 8.33. The molecule has 0 fully saturated rings. The van der Waals surface area contributed by atoms with Gasteiger partial charge in [-0.1, -0.05) is 31.9 Å². The second-order valence-electron chi connectivity index (χ2n) is 3.20. The van der Waals surface area contributed by atoms with Gasteiger partial charge in [0.2, 0.25) is 0 Å². The summed E-state index contributed by atoms with van der Waals surface area (Å²) in [5.74, 6) is 1.36. The first-order valence-corrected chi connectivity index (χ1v) is 4.90. The molecule has 2 heteroatoms. The Bertz CT molecular complexity index is 243. The van der Waals surface area contributed by atoms with Gasteiger partial charge in [0.05, 0.1) is 6.61 Å². The van der Waals surface area contributed by atoms with E-state index in [1.165, 1.54) is 0 Å². The van der Waals surface area contributed by atoms with Crippen molar-refractivity contribution in [3.63, 3.8) is 0 Å². The zero-order valence-corrected chi connectivity index (χ0v) is 8.77. The van der Waals surface area contributed by atoms with Crippen molar-refractivity contribution in [1.82, 2.24) is 0 Å². The number of rotatable bonds is 4. The molecule has 0 amide bonds. The minimum atomic E-state index is 0.587. The number of ether oxygens (including phenoxy) is 1. The average molecular weight is 198 g/mol. The van der Waals surface area contributed by atoms with Crippen LogP contribution in [0.4, 0.5) is 0 Å². The van der Waals surface area contributed by atoms with Gasteiger partial charge >= 0.3 is 0 Å². The highest BCUT2D eigenvalue weighted by Gasteiger charge is 1.99. The molecule has 0 heterocycles. The Balaban J connectivity index is 2.41. The quantitative estimate of drug-likeness (QED) is 0.717. The maximum atomic E-state index is 5.71. The van der Waals surface area contributed by atoms with Crippen molar-refractivity contribution >= 4 is 11.6 Å². The van der Waals surface area contributed by atoms with Crippen LogP contribution in [-0.2, 0) is 0 Å². The maximum absolute atomic E-state index is 5.71. The standard InChI is InChI=1S/C11H14ClO/c1-3-9(2)8-13-11-6-4-10(12)5-7-11/h4-6,9H,3,8H2,1-2H3/t9-/m0/s1. The fourth-order valence-corrected chi connectivity index (χ4v) is 0.949. The van der Waals surface area contributed by atoms with Crippen LogP contribution in [0.1, 0.15) is 20.3 Å². The van der Waals surface area contributed by atoms with E-state index in [4.69, 9.17) is 16.3 Å². The first-order chi connectivity index (χ1) is 6.22. The average Bonchev–Trinajstić information content (AvgIpc) is 2.16. The Labute approximate surface area is 84.7 Å². The van der Waals surface area contributed by atoms with Gasteiger partial charge in [-0.3, -0.25) is 0 Å². The zero-order valence-electron chi connectivity index (χ0n) is 8.01. The second-order valence-corrected chi connectivity index (χ2v) is 3.63. The molecule has 1 atom stereocenters. The molecule has 0 aliphatic carbocycles. The van der Waals surface area contributed by atoms with Crippen molar-refractivity contribution in [3.05, 3.63) is 29.3 Å². The molecule has 1 aromatic rings. The summed E-state index contributed by atoms with van der Waals surface area (Å²) >= 11 is 5.71. The Kier molecular flexibility index (Phi) is 4.10. The summed E-state index contributed by atoms with van der Waals surface area (Å²) in [6.07, 6.45) is 1.13. The molecule has 0 saturated carbocycles. The lowest BCUT2D eigenvalue weighted by Gasteiger charge is -2.10. The summed E-state index contributed by atoms with van der Waals surface area (Å²) < 4.78 is 5.50. The van der Waals surface area contributed by atoms with Crippen LogP contribution in [0.25, 0.3) is 0 Å². The Hall–Kier alpha value is -0.690. The lowest BCUT2D eigenvalue weighted by molar-refractivity contribution is 0.256. The molecule has 0 aromatic heterocycles. The zero-order chi connectivity index (χ0) is 9.68. The first-order valence-electron chi connectivity index (χ1n) is 4.52. The van der Waals surface area contributed by atoms with Crippen LogP contribution in [0.2, 0.25) is 5.02 Å². The summed E-state index contributed by atoms with van der Waals surface area (Å²) in [7, 11) is 0. The van der Waals surface area contributed by atoms with Gasteiger partial charge in [0.1, 0.15) is 5.75 Å². The predicted octanol–water partition coefficient (Wildman–Crippen LogP) is 3.57. The number of halogens is 1. The van der Waals surface area contributed by atoms with Gasteiger partial charge in [-0.2, -0.15) is 0 Å². The first kappa shape index (κ1) is 10.4. The number of hydrogen-bond acceptors (Lipinski definition) is 1. The molecule has 71 valence electrons. The Morgan fingerprint density at radius 1 is 1.54 bits per heavy atom. The molecular weight excluding hydrogens is 184 g/mol. The molecule has 1 nitrogen and oxygen atoms in total. The highest BCUT2D eigenvalue weighted by molar-refractivity contribution is 6.30. The summed E-state index contributed by atoms with van der Waals surface area (Å²) in [5, 5.41) is 0.691. The van der Waals surface area contributed by atoms with Crippen LogP contribution in [0.15, 0.2) is 18.2 Å². The Morgan fingerprint density at radius 2 is 2.31 bits per heavy atom. The van der Waals surface area contributed by atoms with Gasteiger partial charge in [0, 0.05) is 11.1 Å². The summed E-state index contributed by atoms with van der Waals surface area (Å²) in [5.41, 5.74) is 0. The van der Waals surface area contributed by atoms with Gasteiger partial charge in [0.25, 0.3) is 0 Å². The lowest BCUT2D eigenvalue weighted by Crippen LogP contribution is -2.06. The van der Waals surface area contributed by atoms with Crippen LogP contribution in [0, 0.1) is 12.0 Å². The van der Waals surface area contributed by atoms with Crippen LogP contribution in [0.5, 0.6) is 5.75 Å². The smallest absolute Gasteiger partial charge is 0.127 e. The van der Waals surface area contributed by atoms with Crippen LogP contribution >= 0.6 is 11.6 Å². The van der Waals surface area contributed by atoms with E-state index in [-0.39, 0.29) is 0 Å². The van der Waals surface area contributed by atoms with E-state index in [0.717, 1.165) is 18.8 Å². The molecule has 0 N–H and O–H groups in total. The second kappa shape index (κ2) is 5.13. The molecule has 0 spiro atoms. The molecule has 1 rings (SSSR count). The van der Waals surface area contributed by atoms with Gasteiger partial charge in [-0.25, -0.2) is 0 Å².